The summed E-state index contributed by atoms with van der Waals surface area (Å²) < 4.78 is 5.36. The molecule has 1 N–H and O–H groups in total. The van der Waals surface area contributed by atoms with Crippen LogP contribution in [0.4, 0.5) is 0 Å². The van der Waals surface area contributed by atoms with Gasteiger partial charge >= 0.3 is 0 Å². The second-order valence-corrected chi connectivity index (χ2v) is 6.74. The van der Waals surface area contributed by atoms with Crippen LogP contribution in [-0.4, -0.2) is 18.3 Å². The molecule has 0 saturated heterocycles. The quantitative estimate of drug-likeness (QED) is 0.827. The number of carbonyl (C=O) groups is 1. The SMILES string of the molecule is COc1ccccc1[C@H](C)NC(=O)[C@H](C)SCc1ccccc1. The van der Waals surface area contributed by atoms with Crippen molar-refractivity contribution in [2.24, 2.45) is 0 Å². The van der Waals surface area contributed by atoms with Crippen LogP contribution in [0.3, 0.4) is 0 Å². The zero-order valence-electron chi connectivity index (χ0n) is 13.8. The molecule has 0 bridgehead atoms. The number of amides is 1. The minimum absolute atomic E-state index is 0.0457. The normalized spacial score (nSPS) is 13.2. The molecule has 0 aromatic heterocycles. The summed E-state index contributed by atoms with van der Waals surface area (Å²) in [6.07, 6.45) is 0. The van der Waals surface area contributed by atoms with E-state index >= 15 is 0 Å². The van der Waals surface area contributed by atoms with Gasteiger partial charge in [0.15, 0.2) is 0 Å². The molecule has 2 aromatic carbocycles. The topological polar surface area (TPSA) is 38.3 Å². The Hall–Kier alpha value is -1.94. The number of hydrogen-bond donors (Lipinski definition) is 1. The summed E-state index contributed by atoms with van der Waals surface area (Å²) in [5.74, 6) is 1.67. The average Bonchev–Trinajstić information content (AvgIpc) is 2.60. The van der Waals surface area contributed by atoms with Crippen molar-refractivity contribution >= 4 is 17.7 Å². The molecule has 0 unspecified atom stereocenters. The van der Waals surface area contributed by atoms with E-state index in [0.29, 0.717) is 0 Å². The molecular weight excluding hydrogens is 306 g/mol. The van der Waals surface area contributed by atoms with Gasteiger partial charge in [0.2, 0.25) is 5.91 Å². The van der Waals surface area contributed by atoms with E-state index in [-0.39, 0.29) is 17.2 Å². The van der Waals surface area contributed by atoms with Gasteiger partial charge in [-0.3, -0.25) is 4.79 Å². The predicted octanol–water partition coefficient (Wildman–Crippen LogP) is 4.19. The second kappa shape index (κ2) is 8.63. The van der Waals surface area contributed by atoms with Crippen molar-refractivity contribution in [3.63, 3.8) is 0 Å². The number of para-hydroxylation sites is 1. The third kappa shape index (κ3) is 5.03. The lowest BCUT2D eigenvalue weighted by Crippen LogP contribution is -2.33. The molecule has 0 heterocycles. The largest absolute Gasteiger partial charge is 0.496 e. The minimum Gasteiger partial charge on any atom is -0.496 e. The van der Waals surface area contributed by atoms with Gasteiger partial charge in [0.1, 0.15) is 5.75 Å². The summed E-state index contributed by atoms with van der Waals surface area (Å²) in [5.41, 5.74) is 2.22. The van der Waals surface area contributed by atoms with Crippen LogP contribution in [0.15, 0.2) is 54.6 Å². The Kier molecular flexibility index (Phi) is 6.53. The highest BCUT2D eigenvalue weighted by Crippen LogP contribution is 2.25. The molecule has 2 rings (SSSR count). The maximum atomic E-state index is 12.4. The third-order valence-corrected chi connectivity index (χ3v) is 4.89. The first-order chi connectivity index (χ1) is 11.1. The Morgan fingerprint density at radius 3 is 2.43 bits per heavy atom. The van der Waals surface area contributed by atoms with E-state index in [1.54, 1.807) is 18.9 Å². The van der Waals surface area contributed by atoms with E-state index in [1.807, 2.05) is 56.3 Å². The first-order valence-electron chi connectivity index (χ1n) is 7.70. The molecular formula is C19H23NO2S. The molecule has 0 aliphatic carbocycles. The molecule has 0 saturated carbocycles. The molecule has 23 heavy (non-hydrogen) atoms. The molecule has 1 amide bonds. The van der Waals surface area contributed by atoms with E-state index in [1.165, 1.54) is 5.56 Å². The van der Waals surface area contributed by atoms with Gasteiger partial charge in [0, 0.05) is 11.3 Å². The standard InChI is InChI=1S/C19H23NO2S/c1-14(17-11-7-8-12-18(17)22-3)20-19(21)15(2)23-13-16-9-5-4-6-10-16/h4-12,14-15H,13H2,1-3H3,(H,20,21)/t14-,15-/m0/s1. The predicted molar refractivity (Wildman–Crippen MR) is 96.8 cm³/mol. The fraction of sp³-hybridized carbons (Fsp3) is 0.316. The number of benzene rings is 2. The van der Waals surface area contributed by atoms with Crippen molar-refractivity contribution in [3.8, 4) is 5.75 Å². The van der Waals surface area contributed by atoms with Crippen molar-refractivity contribution in [2.45, 2.75) is 30.9 Å². The molecule has 0 radical (unpaired) electrons. The van der Waals surface area contributed by atoms with Crippen molar-refractivity contribution < 1.29 is 9.53 Å². The van der Waals surface area contributed by atoms with E-state index in [2.05, 4.69) is 17.4 Å². The molecule has 0 fully saturated rings. The van der Waals surface area contributed by atoms with Gasteiger partial charge in [-0.1, -0.05) is 48.5 Å². The molecule has 3 nitrogen and oxygen atoms in total. The molecule has 4 heteroatoms. The minimum atomic E-state index is -0.104. The Morgan fingerprint density at radius 1 is 1.09 bits per heavy atom. The highest BCUT2D eigenvalue weighted by atomic mass is 32.2. The maximum Gasteiger partial charge on any atom is 0.233 e. The summed E-state index contributed by atoms with van der Waals surface area (Å²) in [6.45, 7) is 3.92. The van der Waals surface area contributed by atoms with Crippen molar-refractivity contribution in [2.75, 3.05) is 7.11 Å². The van der Waals surface area contributed by atoms with E-state index in [4.69, 9.17) is 4.74 Å². The number of ether oxygens (including phenoxy) is 1. The summed E-state index contributed by atoms with van der Waals surface area (Å²) in [4.78, 5) is 12.4. The van der Waals surface area contributed by atoms with E-state index in [9.17, 15) is 4.79 Å². The van der Waals surface area contributed by atoms with Crippen LogP contribution < -0.4 is 10.1 Å². The Bertz CT molecular complexity index is 630. The number of hydrogen-bond acceptors (Lipinski definition) is 3. The van der Waals surface area contributed by atoms with Crippen LogP contribution in [0.1, 0.15) is 31.0 Å². The number of carbonyl (C=O) groups excluding carboxylic acids is 1. The first kappa shape index (κ1) is 17.4. The van der Waals surface area contributed by atoms with E-state index < -0.39 is 0 Å². The first-order valence-corrected chi connectivity index (χ1v) is 8.75. The van der Waals surface area contributed by atoms with Gasteiger partial charge in [0.25, 0.3) is 0 Å². The Balaban J connectivity index is 1.90. The summed E-state index contributed by atoms with van der Waals surface area (Å²) in [7, 11) is 1.64. The number of rotatable bonds is 7. The maximum absolute atomic E-state index is 12.4. The monoisotopic (exact) mass is 329 g/mol. The highest BCUT2D eigenvalue weighted by Gasteiger charge is 2.18. The lowest BCUT2D eigenvalue weighted by Gasteiger charge is -2.19. The molecule has 0 aliphatic heterocycles. The van der Waals surface area contributed by atoms with Crippen LogP contribution in [0.5, 0.6) is 5.75 Å². The summed E-state index contributed by atoms with van der Waals surface area (Å²) >= 11 is 1.64. The number of methoxy groups -OCH3 is 1. The molecule has 2 aromatic rings. The summed E-state index contributed by atoms with van der Waals surface area (Å²) in [6, 6.07) is 17.9. The van der Waals surface area contributed by atoms with Crippen LogP contribution in [-0.2, 0) is 10.5 Å². The van der Waals surface area contributed by atoms with Crippen LogP contribution in [0.2, 0.25) is 0 Å². The number of thioether (sulfide) groups is 1. The van der Waals surface area contributed by atoms with Crippen LogP contribution in [0, 0.1) is 0 Å². The van der Waals surface area contributed by atoms with Gasteiger partial charge in [-0.2, -0.15) is 0 Å². The van der Waals surface area contributed by atoms with Gasteiger partial charge in [-0.15, -0.1) is 11.8 Å². The lowest BCUT2D eigenvalue weighted by molar-refractivity contribution is -0.120. The van der Waals surface area contributed by atoms with Crippen molar-refractivity contribution in [3.05, 3.63) is 65.7 Å². The lowest BCUT2D eigenvalue weighted by atomic mass is 10.1. The Morgan fingerprint density at radius 2 is 1.74 bits per heavy atom. The Labute approximate surface area is 142 Å². The average molecular weight is 329 g/mol. The van der Waals surface area contributed by atoms with Crippen LogP contribution >= 0.6 is 11.8 Å². The molecule has 0 spiro atoms. The smallest absolute Gasteiger partial charge is 0.233 e. The van der Waals surface area contributed by atoms with Gasteiger partial charge in [-0.25, -0.2) is 0 Å². The molecule has 122 valence electrons. The molecule has 0 aliphatic rings. The zero-order valence-corrected chi connectivity index (χ0v) is 14.6. The fourth-order valence-electron chi connectivity index (χ4n) is 2.30. The zero-order chi connectivity index (χ0) is 16.7. The van der Waals surface area contributed by atoms with Crippen molar-refractivity contribution in [1.82, 2.24) is 5.32 Å². The fourth-order valence-corrected chi connectivity index (χ4v) is 3.16. The highest BCUT2D eigenvalue weighted by molar-refractivity contribution is 7.99. The third-order valence-electron chi connectivity index (χ3n) is 3.68. The van der Waals surface area contributed by atoms with Crippen molar-refractivity contribution in [1.29, 1.82) is 0 Å². The van der Waals surface area contributed by atoms with E-state index in [0.717, 1.165) is 17.1 Å². The van der Waals surface area contributed by atoms with Gasteiger partial charge in [0.05, 0.1) is 18.4 Å². The van der Waals surface area contributed by atoms with Crippen LogP contribution in [0.25, 0.3) is 0 Å². The van der Waals surface area contributed by atoms with Gasteiger partial charge < -0.3 is 10.1 Å². The second-order valence-electron chi connectivity index (χ2n) is 5.41. The van der Waals surface area contributed by atoms with Gasteiger partial charge in [-0.05, 0) is 25.5 Å². The molecule has 2 atom stereocenters. The summed E-state index contributed by atoms with van der Waals surface area (Å²) in [5, 5.41) is 2.96. The number of nitrogens with one attached hydrogen (secondary N) is 1.